The summed E-state index contributed by atoms with van der Waals surface area (Å²) < 4.78 is 12.5. The van der Waals surface area contributed by atoms with Crippen molar-refractivity contribution < 1.29 is 14.3 Å². The summed E-state index contributed by atoms with van der Waals surface area (Å²) in [7, 11) is 0. The third kappa shape index (κ3) is 3.98. The predicted molar refractivity (Wildman–Crippen MR) is 147 cm³/mol. The second kappa shape index (κ2) is 9.19. The van der Waals surface area contributed by atoms with Gasteiger partial charge < -0.3 is 9.47 Å². The summed E-state index contributed by atoms with van der Waals surface area (Å²) in [6.07, 6.45) is 4.04. The number of carbonyl (C=O) groups excluding carboxylic acids is 1. The average molecular weight is 481 g/mol. The number of aryl methyl sites for hydroxylation is 1. The molecule has 36 heavy (non-hydrogen) atoms. The average Bonchev–Trinajstić information content (AvgIpc) is 3.25. The number of hydrogen-bond donors (Lipinski definition) is 0. The van der Waals surface area contributed by atoms with Crippen LogP contribution in [0.15, 0.2) is 54.6 Å². The highest BCUT2D eigenvalue weighted by Crippen LogP contribution is 2.46. The Morgan fingerprint density at radius 1 is 0.972 bits per heavy atom. The molecule has 0 aromatic heterocycles. The van der Waals surface area contributed by atoms with E-state index in [0.717, 1.165) is 18.4 Å². The molecule has 3 nitrogen and oxygen atoms in total. The Morgan fingerprint density at radius 3 is 2.61 bits per heavy atom. The van der Waals surface area contributed by atoms with Crippen LogP contribution in [-0.2, 0) is 20.7 Å². The van der Waals surface area contributed by atoms with E-state index in [2.05, 4.69) is 82.3 Å². The van der Waals surface area contributed by atoms with Crippen LogP contribution in [-0.4, -0.2) is 18.7 Å². The quantitative estimate of drug-likeness (QED) is 0.165. The van der Waals surface area contributed by atoms with Gasteiger partial charge in [0.25, 0.3) is 0 Å². The second-order valence-corrected chi connectivity index (χ2v) is 11.5. The van der Waals surface area contributed by atoms with E-state index in [1.807, 2.05) is 0 Å². The number of carbonyl (C=O) groups is 1. The molecule has 1 fully saturated rings. The van der Waals surface area contributed by atoms with E-state index in [0.29, 0.717) is 17.8 Å². The monoisotopic (exact) mass is 480 g/mol. The van der Waals surface area contributed by atoms with Crippen molar-refractivity contribution in [1.29, 1.82) is 0 Å². The van der Waals surface area contributed by atoms with Crippen molar-refractivity contribution in [1.82, 2.24) is 0 Å². The maximum atomic E-state index is 13.2. The van der Waals surface area contributed by atoms with E-state index < -0.39 is 0 Å². The largest absolute Gasteiger partial charge is 0.455 e. The molecule has 1 unspecified atom stereocenters. The molecule has 1 saturated carbocycles. The molecule has 4 aromatic carbocycles. The van der Waals surface area contributed by atoms with Crippen LogP contribution in [0.1, 0.15) is 62.8 Å². The van der Waals surface area contributed by atoms with Crippen LogP contribution < -0.4 is 0 Å². The molecule has 6 rings (SSSR count). The van der Waals surface area contributed by atoms with E-state index in [1.54, 1.807) is 0 Å². The Hall–Kier alpha value is -2.91. The van der Waals surface area contributed by atoms with Crippen LogP contribution in [0.2, 0.25) is 0 Å². The summed E-state index contributed by atoms with van der Waals surface area (Å²) in [6, 6.07) is 19.6. The van der Waals surface area contributed by atoms with Crippen molar-refractivity contribution in [3.63, 3.8) is 0 Å². The Kier molecular flexibility index (Phi) is 6.00. The van der Waals surface area contributed by atoms with Gasteiger partial charge in [0.2, 0.25) is 0 Å². The van der Waals surface area contributed by atoms with Crippen molar-refractivity contribution in [2.45, 2.75) is 65.6 Å². The summed E-state index contributed by atoms with van der Waals surface area (Å²) in [4.78, 5) is 13.2. The number of hydrogen-bond acceptors (Lipinski definition) is 3. The van der Waals surface area contributed by atoms with Crippen molar-refractivity contribution in [2.75, 3.05) is 6.61 Å². The topological polar surface area (TPSA) is 35.5 Å². The molecule has 186 valence electrons. The fourth-order valence-electron chi connectivity index (χ4n) is 6.84. The minimum atomic E-state index is -0.282. The van der Waals surface area contributed by atoms with Crippen LogP contribution in [0.3, 0.4) is 0 Å². The van der Waals surface area contributed by atoms with Gasteiger partial charge in [-0.05, 0) is 87.0 Å². The van der Waals surface area contributed by atoms with Gasteiger partial charge in [0.05, 0.1) is 6.10 Å². The molecule has 0 radical (unpaired) electrons. The summed E-state index contributed by atoms with van der Waals surface area (Å²) in [5.74, 6) is 1.47. The Bertz CT molecular complexity index is 1470. The molecule has 3 heteroatoms. The van der Waals surface area contributed by atoms with Crippen LogP contribution in [0.5, 0.6) is 0 Å². The number of fused-ring (bicyclic) bond motifs is 4. The van der Waals surface area contributed by atoms with Crippen molar-refractivity contribution in [3.8, 4) is 0 Å². The van der Waals surface area contributed by atoms with E-state index >= 15 is 0 Å². The molecule has 0 aliphatic heterocycles. The van der Waals surface area contributed by atoms with E-state index in [9.17, 15) is 4.79 Å². The predicted octanol–water partition coefficient (Wildman–Crippen LogP) is 8.07. The Balaban J connectivity index is 1.32. The zero-order valence-corrected chi connectivity index (χ0v) is 21.8. The van der Waals surface area contributed by atoms with E-state index in [-0.39, 0.29) is 24.8 Å². The van der Waals surface area contributed by atoms with Crippen molar-refractivity contribution >= 4 is 38.3 Å². The summed E-state index contributed by atoms with van der Waals surface area (Å²) in [5.41, 5.74) is 3.72. The highest BCUT2D eigenvalue weighted by molar-refractivity contribution is 6.15. The highest BCUT2D eigenvalue weighted by Gasteiger charge is 2.34. The molecule has 0 amide bonds. The third-order valence-electron chi connectivity index (χ3n) is 8.77. The van der Waals surface area contributed by atoms with Gasteiger partial charge in [-0.3, -0.25) is 0 Å². The van der Waals surface area contributed by atoms with Crippen molar-refractivity contribution in [2.24, 2.45) is 17.8 Å². The first-order chi connectivity index (χ1) is 17.4. The summed E-state index contributed by atoms with van der Waals surface area (Å²) in [5, 5.41) is 7.36. The summed E-state index contributed by atoms with van der Waals surface area (Å²) >= 11 is 0. The van der Waals surface area contributed by atoms with Crippen molar-refractivity contribution in [3.05, 3.63) is 71.3 Å². The van der Waals surface area contributed by atoms with Gasteiger partial charge in [0.1, 0.15) is 12.7 Å². The SMILES string of the molecule is Cc1ccc2cc3c(ccc4ccccc43)c3c2c1C[C@H]3OC(=O)COC1C[C@H](C)CC[C@H]1C(C)C. The molecule has 2 aliphatic carbocycles. The number of esters is 1. The molecule has 0 spiro atoms. The third-order valence-corrected chi connectivity index (χ3v) is 8.77. The zero-order valence-electron chi connectivity index (χ0n) is 21.8. The molecular weight excluding hydrogens is 444 g/mol. The summed E-state index contributed by atoms with van der Waals surface area (Å²) in [6.45, 7) is 9.01. The van der Waals surface area contributed by atoms with Crippen LogP contribution in [0, 0.1) is 24.7 Å². The highest BCUT2D eigenvalue weighted by atomic mass is 16.6. The lowest BCUT2D eigenvalue weighted by molar-refractivity contribution is -0.159. The maximum Gasteiger partial charge on any atom is 0.332 e. The molecule has 0 heterocycles. The molecule has 2 aliphatic rings. The van der Waals surface area contributed by atoms with E-state index in [4.69, 9.17) is 9.47 Å². The number of ether oxygens (including phenoxy) is 2. The van der Waals surface area contributed by atoms with Gasteiger partial charge in [-0.2, -0.15) is 0 Å². The van der Waals surface area contributed by atoms with Gasteiger partial charge >= 0.3 is 5.97 Å². The maximum absolute atomic E-state index is 13.2. The molecule has 0 bridgehead atoms. The molecular formula is C33H36O3. The lowest BCUT2D eigenvalue weighted by atomic mass is 9.75. The number of benzene rings is 4. The van der Waals surface area contributed by atoms with E-state index in [1.165, 1.54) is 56.3 Å². The Labute approximate surface area is 213 Å². The number of rotatable bonds is 5. The molecule has 0 saturated heterocycles. The van der Waals surface area contributed by atoms with Crippen LogP contribution in [0.4, 0.5) is 0 Å². The van der Waals surface area contributed by atoms with Gasteiger partial charge in [-0.25, -0.2) is 4.79 Å². The normalized spacial score (nSPS) is 23.7. The van der Waals surface area contributed by atoms with Gasteiger partial charge in [0.15, 0.2) is 0 Å². The van der Waals surface area contributed by atoms with Gasteiger partial charge in [-0.15, -0.1) is 0 Å². The van der Waals surface area contributed by atoms with Crippen LogP contribution >= 0.6 is 0 Å². The minimum Gasteiger partial charge on any atom is -0.455 e. The lowest BCUT2D eigenvalue weighted by Crippen LogP contribution is -2.35. The van der Waals surface area contributed by atoms with Gasteiger partial charge in [-0.1, -0.05) is 75.7 Å². The standard InChI is InChI=1S/C33H36O3/c1-19(2)24-13-9-20(3)15-29(24)35-18-31(34)36-30-17-27-21(4)10-11-23-16-28-25-8-6-5-7-22(25)12-14-26(28)33(30)32(23)27/h5-8,10-12,14,16,19-20,24,29-30H,9,13,15,17-18H2,1-4H3/t20-,24+,29?,30-/m1/s1. The lowest BCUT2D eigenvalue weighted by Gasteiger charge is -2.37. The Morgan fingerprint density at radius 2 is 1.78 bits per heavy atom. The fourth-order valence-corrected chi connectivity index (χ4v) is 6.84. The smallest absolute Gasteiger partial charge is 0.332 e. The first kappa shape index (κ1) is 23.5. The first-order valence-electron chi connectivity index (χ1n) is 13.6. The van der Waals surface area contributed by atoms with Crippen LogP contribution in [0.25, 0.3) is 32.3 Å². The van der Waals surface area contributed by atoms with Gasteiger partial charge in [0, 0.05) is 12.0 Å². The molecule has 0 N–H and O–H groups in total. The first-order valence-corrected chi connectivity index (χ1v) is 13.6. The molecule has 4 atom stereocenters. The molecule has 4 aromatic rings. The minimum absolute atomic E-state index is 0.0310. The fraction of sp³-hybridized carbons (Fsp3) is 0.424. The second-order valence-electron chi connectivity index (χ2n) is 11.5. The zero-order chi connectivity index (χ0) is 25.0.